The van der Waals surface area contributed by atoms with E-state index in [0.717, 1.165) is 0 Å². The number of benzene rings is 1. The van der Waals surface area contributed by atoms with Gasteiger partial charge in [-0.05, 0) is 48.8 Å². The highest BCUT2D eigenvalue weighted by Crippen LogP contribution is 2.30. The van der Waals surface area contributed by atoms with Crippen LogP contribution in [0.1, 0.15) is 44.2 Å². The number of hydrogen-bond acceptors (Lipinski definition) is 1. The molecule has 0 saturated heterocycles. The second kappa shape index (κ2) is 6.01. The Morgan fingerprint density at radius 1 is 1.33 bits per heavy atom. The highest BCUT2D eigenvalue weighted by molar-refractivity contribution is 5.54. The Balaban J connectivity index is 2.19. The van der Waals surface area contributed by atoms with Crippen molar-refractivity contribution in [1.82, 2.24) is 0 Å². The smallest absolute Gasteiger partial charge is 0.0178 e. The van der Waals surface area contributed by atoms with Crippen LogP contribution in [0.25, 0.3) is 6.08 Å². The summed E-state index contributed by atoms with van der Waals surface area (Å²) in [5.41, 5.74) is 11.2. The van der Waals surface area contributed by atoms with E-state index in [1.165, 1.54) is 36.0 Å². The van der Waals surface area contributed by atoms with Gasteiger partial charge in [-0.15, -0.1) is 0 Å². The predicted molar refractivity (Wildman–Crippen MR) is 79.1 cm³/mol. The minimum Gasteiger partial charge on any atom is -0.326 e. The zero-order valence-corrected chi connectivity index (χ0v) is 11.4. The molecule has 0 aliphatic heterocycles. The molecule has 0 amide bonds. The molecule has 0 aromatic heterocycles. The van der Waals surface area contributed by atoms with Crippen LogP contribution in [-0.4, -0.2) is 0 Å². The lowest BCUT2D eigenvalue weighted by molar-refractivity contribution is 0.546. The number of allylic oxidation sites excluding steroid dienone is 3. The average molecular weight is 241 g/mol. The molecule has 0 fully saturated rings. The molecule has 1 atom stereocenters. The molecular formula is C17H23N. The van der Waals surface area contributed by atoms with Crippen molar-refractivity contribution in [3.05, 3.63) is 52.6 Å². The van der Waals surface area contributed by atoms with Crippen molar-refractivity contribution in [2.24, 2.45) is 11.7 Å². The van der Waals surface area contributed by atoms with E-state index in [4.69, 9.17) is 5.73 Å². The van der Waals surface area contributed by atoms with Gasteiger partial charge in [-0.3, -0.25) is 0 Å². The fourth-order valence-corrected chi connectivity index (χ4v) is 2.71. The third kappa shape index (κ3) is 3.11. The van der Waals surface area contributed by atoms with E-state index in [1.54, 1.807) is 5.57 Å². The Kier molecular flexibility index (Phi) is 4.38. The molecule has 0 spiro atoms. The van der Waals surface area contributed by atoms with Crippen molar-refractivity contribution in [3.8, 4) is 0 Å². The maximum absolute atomic E-state index is 5.67. The van der Waals surface area contributed by atoms with Gasteiger partial charge in [-0.2, -0.15) is 0 Å². The molecule has 1 aliphatic carbocycles. The normalized spacial score (nSPS) is 20.7. The number of nitrogens with two attached hydrogens (primary N) is 1. The predicted octanol–water partition coefficient (Wildman–Crippen LogP) is 4.30. The monoisotopic (exact) mass is 241 g/mol. The molecule has 96 valence electrons. The van der Waals surface area contributed by atoms with Crippen LogP contribution in [0.5, 0.6) is 0 Å². The van der Waals surface area contributed by atoms with Crippen molar-refractivity contribution in [3.63, 3.8) is 0 Å². The lowest BCUT2D eigenvalue weighted by atomic mass is 9.84. The average Bonchev–Trinajstić information content (AvgIpc) is 2.38. The Morgan fingerprint density at radius 2 is 2.17 bits per heavy atom. The summed E-state index contributed by atoms with van der Waals surface area (Å²) in [5.74, 6) is 0.702. The van der Waals surface area contributed by atoms with Crippen LogP contribution in [-0.2, 0) is 6.54 Å². The van der Waals surface area contributed by atoms with Crippen LogP contribution in [0.3, 0.4) is 0 Å². The Labute approximate surface area is 110 Å². The van der Waals surface area contributed by atoms with Gasteiger partial charge in [0, 0.05) is 6.54 Å². The summed E-state index contributed by atoms with van der Waals surface area (Å²) in [6, 6.07) is 8.46. The molecule has 1 aromatic carbocycles. The van der Waals surface area contributed by atoms with Crippen LogP contribution in [0.4, 0.5) is 0 Å². The van der Waals surface area contributed by atoms with Gasteiger partial charge in [0.25, 0.3) is 0 Å². The van der Waals surface area contributed by atoms with Gasteiger partial charge >= 0.3 is 0 Å². The first-order chi connectivity index (χ1) is 8.70. The molecule has 2 N–H and O–H groups in total. The molecule has 0 saturated carbocycles. The van der Waals surface area contributed by atoms with Crippen LogP contribution in [0.2, 0.25) is 0 Å². The van der Waals surface area contributed by atoms with Gasteiger partial charge in [0.1, 0.15) is 0 Å². The highest BCUT2D eigenvalue weighted by Gasteiger charge is 2.14. The van der Waals surface area contributed by atoms with Crippen LogP contribution in [0.15, 0.2) is 41.5 Å². The summed E-state index contributed by atoms with van der Waals surface area (Å²) in [4.78, 5) is 0. The molecule has 1 heteroatoms. The Bertz CT molecular complexity index is 468. The quantitative estimate of drug-likeness (QED) is 0.839. The van der Waals surface area contributed by atoms with Crippen molar-refractivity contribution in [1.29, 1.82) is 0 Å². The topological polar surface area (TPSA) is 26.0 Å². The molecule has 0 radical (unpaired) electrons. The third-order valence-electron chi connectivity index (χ3n) is 3.85. The molecule has 2 rings (SSSR count). The summed E-state index contributed by atoms with van der Waals surface area (Å²) in [7, 11) is 0. The minimum atomic E-state index is 0.611. The summed E-state index contributed by atoms with van der Waals surface area (Å²) in [6.07, 6.45) is 8.44. The van der Waals surface area contributed by atoms with E-state index < -0.39 is 0 Å². The van der Waals surface area contributed by atoms with Crippen molar-refractivity contribution < 1.29 is 0 Å². The Morgan fingerprint density at radius 3 is 2.89 bits per heavy atom. The van der Waals surface area contributed by atoms with Gasteiger partial charge in [-0.1, -0.05) is 48.9 Å². The molecule has 0 heterocycles. The molecule has 18 heavy (non-hydrogen) atoms. The molecular weight excluding hydrogens is 218 g/mol. The lowest BCUT2D eigenvalue weighted by Crippen LogP contribution is -2.06. The summed E-state index contributed by atoms with van der Waals surface area (Å²) >= 11 is 0. The summed E-state index contributed by atoms with van der Waals surface area (Å²) in [5, 5.41) is 0. The fraction of sp³-hybridized carbons (Fsp3) is 0.412. The van der Waals surface area contributed by atoms with Crippen LogP contribution in [0, 0.1) is 5.92 Å². The molecule has 1 aliphatic rings. The largest absolute Gasteiger partial charge is 0.326 e. The van der Waals surface area contributed by atoms with Crippen LogP contribution >= 0.6 is 0 Å². The zero-order valence-electron chi connectivity index (χ0n) is 11.4. The fourth-order valence-electron chi connectivity index (χ4n) is 2.71. The van der Waals surface area contributed by atoms with E-state index in [-0.39, 0.29) is 0 Å². The van der Waals surface area contributed by atoms with E-state index in [1.807, 2.05) is 0 Å². The molecule has 0 bridgehead atoms. The van der Waals surface area contributed by atoms with Crippen molar-refractivity contribution in [2.75, 3.05) is 0 Å². The van der Waals surface area contributed by atoms with Gasteiger partial charge in [0.15, 0.2) is 0 Å². The molecule has 1 aromatic rings. The molecule has 1 nitrogen and oxygen atoms in total. The summed E-state index contributed by atoms with van der Waals surface area (Å²) in [6.45, 7) is 5.21. The minimum absolute atomic E-state index is 0.611. The van der Waals surface area contributed by atoms with E-state index in [2.05, 4.69) is 50.3 Å². The van der Waals surface area contributed by atoms with Crippen LogP contribution < -0.4 is 5.73 Å². The maximum Gasteiger partial charge on any atom is 0.0178 e. The van der Waals surface area contributed by atoms with E-state index in [9.17, 15) is 0 Å². The van der Waals surface area contributed by atoms with Gasteiger partial charge in [-0.25, -0.2) is 0 Å². The van der Waals surface area contributed by atoms with Gasteiger partial charge in [0.05, 0.1) is 0 Å². The van der Waals surface area contributed by atoms with Crippen molar-refractivity contribution >= 4 is 6.08 Å². The highest BCUT2D eigenvalue weighted by atomic mass is 14.5. The lowest BCUT2D eigenvalue weighted by Gasteiger charge is -2.22. The second-order valence-corrected chi connectivity index (χ2v) is 5.31. The first-order valence-electron chi connectivity index (χ1n) is 6.87. The standard InChI is InChI=1S/C17H23N/c1-13-5-3-6-14(2)17(13)10-9-15-7-4-8-16(11-15)12-18/h4,7-11,13H,3,5-6,12,18H2,1-2H3. The van der Waals surface area contributed by atoms with Gasteiger partial charge in [0.2, 0.25) is 0 Å². The third-order valence-corrected chi connectivity index (χ3v) is 3.85. The van der Waals surface area contributed by atoms with E-state index in [0.29, 0.717) is 12.5 Å². The first kappa shape index (κ1) is 13.1. The molecule has 1 unspecified atom stereocenters. The first-order valence-corrected chi connectivity index (χ1v) is 6.87. The number of hydrogen-bond donors (Lipinski definition) is 1. The summed E-state index contributed by atoms with van der Waals surface area (Å²) < 4.78 is 0. The SMILES string of the molecule is CC1=C(C=Cc2cccc(CN)c2)C(C)CCC1. The maximum atomic E-state index is 5.67. The Hall–Kier alpha value is -1.34. The van der Waals surface area contributed by atoms with Gasteiger partial charge < -0.3 is 5.73 Å². The van der Waals surface area contributed by atoms with Crippen molar-refractivity contribution in [2.45, 2.75) is 39.7 Å². The number of rotatable bonds is 3. The van der Waals surface area contributed by atoms with E-state index >= 15 is 0 Å². The zero-order chi connectivity index (χ0) is 13.0. The second-order valence-electron chi connectivity index (χ2n) is 5.31.